The molecule has 0 aliphatic carbocycles. The maximum atomic E-state index is 7.01. The Bertz CT molecular complexity index is 1950. The average Bonchev–Trinajstić information content (AvgIpc) is 3.52. The summed E-state index contributed by atoms with van der Waals surface area (Å²) in [6.45, 7) is 19.2. The number of fused-ring (bicyclic) bond motifs is 3. The highest BCUT2D eigenvalue weighted by Gasteiger charge is 2.26. The van der Waals surface area contributed by atoms with E-state index in [1.54, 1.807) is 11.3 Å². The summed E-state index contributed by atoms with van der Waals surface area (Å²) in [5.74, 6) is 3.68. The second kappa shape index (κ2) is 16.3. The summed E-state index contributed by atoms with van der Waals surface area (Å²) in [5.41, 5.74) is 4.80. The summed E-state index contributed by atoms with van der Waals surface area (Å²) in [5, 5.41) is 4.77. The molecule has 1 aromatic heterocycles. The lowest BCUT2D eigenvalue weighted by Gasteiger charge is -2.24. The summed E-state index contributed by atoms with van der Waals surface area (Å²) >= 11 is 1.79. The molecule has 1 aliphatic heterocycles. The van der Waals surface area contributed by atoms with Crippen molar-refractivity contribution in [2.75, 3.05) is 13.2 Å². The first-order valence-electron chi connectivity index (χ1n) is 19.6. The maximum absolute atomic E-state index is 7.01. The molecule has 272 valence electrons. The van der Waals surface area contributed by atoms with E-state index >= 15 is 0 Å². The van der Waals surface area contributed by atoms with Crippen molar-refractivity contribution in [2.24, 2.45) is 0 Å². The van der Waals surface area contributed by atoms with E-state index < -0.39 is 0 Å². The van der Waals surface area contributed by atoms with Crippen LogP contribution in [0, 0.1) is 0 Å². The van der Waals surface area contributed by atoms with Crippen LogP contribution >= 0.6 is 11.3 Å². The van der Waals surface area contributed by atoms with E-state index in [9.17, 15) is 0 Å². The Kier molecular flexibility index (Phi) is 11.9. The Morgan fingerprint density at radius 2 is 1.39 bits per heavy atom. The number of hydrogen-bond acceptors (Lipinski definition) is 5. The summed E-state index contributed by atoms with van der Waals surface area (Å²) in [6.07, 6.45) is 9.95. The Hall–Kier alpha value is -3.70. The van der Waals surface area contributed by atoms with Gasteiger partial charge in [-0.3, -0.25) is 0 Å². The predicted octanol–water partition coefficient (Wildman–Crippen LogP) is 13.7. The first-order chi connectivity index (χ1) is 24.7. The summed E-state index contributed by atoms with van der Waals surface area (Å²) in [4.78, 5) is 2.38. The molecule has 0 fully saturated rings. The number of hydrogen-bond donors (Lipinski definition) is 0. The zero-order valence-electron chi connectivity index (χ0n) is 32.2. The van der Waals surface area contributed by atoms with Crippen molar-refractivity contribution in [1.29, 1.82) is 0 Å². The molecular weight excluding hydrogens is 649 g/mol. The van der Waals surface area contributed by atoms with Gasteiger partial charge in [0, 0.05) is 5.56 Å². The second-order valence-corrected chi connectivity index (χ2v) is 16.3. The normalized spacial score (nSPS) is 14.2. The number of aryl methyl sites for hydroxylation is 1. The number of ether oxygens (including phenoxy) is 4. The standard InChI is InChI=1S/C46H58O4S/c1-9-14-16-34(11-3)49-36-28-32-27-33(46(6,7)8)20-22-37(32)39(29-36)42-38-21-18-31(45-44-43(41(13-5)51-45)47-24-25-48-44)26-30(38)19-23-40(42)50-35(12-4)17-15-10-2/h18-23,26-29,34-35H,9-17,24-25H2,1-8H3. The molecule has 2 atom stereocenters. The van der Waals surface area contributed by atoms with Gasteiger partial charge in [-0.2, -0.15) is 0 Å². The van der Waals surface area contributed by atoms with Gasteiger partial charge < -0.3 is 18.9 Å². The molecule has 0 N–H and O–H groups in total. The predicted molar refractivity (Wildman–Crippen MR) is 218 cm³/mol. The van der Waals surface area contributed by atoms with Gasteiger partial charge in [0.05, 0.1) is 22.0 Å². The van der Waals surface area contributed by atoms with Crippen LogP contribution in [0.2, 0.25) is 0 Å². The second-order valence-electron chi connectivity index (χ2n) is 15.2. The van der Waals surface area contributed by atoms with Crippen LogP contribution in [0.3, 0.4) is 0 Å². The number of unbranched alkanes of at least 4 members (excludes halogenated alkanes) is 2. The highest BCUT2D eigenvalue weighted by molar-refractivity contribution is 7.16. The quantitative estimate of drug-likeness (QED) is 0.109. The SMILES string of the molecule is CCCCC(CC)Oc1cc(-c2c(OC(CC)CCCC)ccc3cc(-c4sc(CC)c5c4OCCO5)ccc23)c2ccc(C(C)(C)C)cc2c1. The highest BCUT2D eigenvalue weighted by Crippen LogP contribution is 2.51. The van der Waals surface area contributed by atoms with Crippen molar-refractivity contribution in [3.63, 3.8) is 0 Å². The molecule has 0 spiro atoms. The van der Waals surface area contributed by atoms with Gasteiger partial charge in [-0.25, -0.2) is 0 Å². The van der Waals surface area contributed by atoms with E-state index in [4.69, 9.17) is 18.9 Å². The number of thiophene rings is 1. The van der Waals surface area contributed by atoms with Crippen molar-refractivity contribution in [3.05, 3.63) is 71.1 Å². The van der Waals surface area contributed by atoms with E-state index in [1.165, 1.54) is 38.4 Å². The van der Waals surface area contributed by atoms with Crippen LogP contribution in [0.25, 0.3) is 43.1 Å². The van der Waals surface area contributed by atoms with Crippen LogP contribution in [0.4, 0.5) is 0 Å². The van der Waals surface area contributed by atoms with E-state index in [1.807, 2.05) is 0 Å². The van der Waals surface area contributed by atoms with Crippen molar-refractivity contribution < 1.29 is 18.9 Å². The summed E-state index contributed by atoms with van der Waals surface area (Å²) in [7, 11) is 0. The molecule has 0 saturated carbocycles. The molecule has 0 amide bonds. The van der Waals surface area contributed by atoms with Crippen molar-refractivity contribution in [3.8, 4) is 44.6 Å². The highest BCUT2D eigenvalue weighted by atomic mass is 32.1. The first kappa shape index (κ1) is 37.1. The van der Waals surface area contributed by atoms with Gasteiger partial charge in [0.25, 0.3) is 0 Å². The Morgan fingerprint density at radius 3 is 2.06 bits per heavy atom. The zero-order chi connectivity index (χ0) is 36.1. The Balaban J connectivity index is 1.58. The van der Waals surface area contributed by atoms with E-state index in [-0.39, 0.29) is 17.6 Å². The van der Waals surface area contributed by atoms with Crippen LogP contribution in [0.5, 0.6) is 23.0 Å². The molecule has 51 heavy (non-hydrogen) atoms. The van der Waals surface area contributed by atoms with Crippen molar-refractivity contribution >= 4 is 32.9 Å². The fourth-order valence-electron chi connectivity index (χ4n) is 7.27. The third-order valence-corrected chi connectivity index (χ3v) is 11.7. The van der Waals surface area contributed by atoms with Crippen LogP contribution in [-0.2, 0) is 11.8 Å². The minimum absolute atomic E-state index is 0.0312. The lowest BCUT2D eigenvalue weighted by molar-refractivity contribution is 0.173. The minimum Gasteiger partial charge on any atom is -0.490 e. The molecule has 0 saturated heterocycles. The topological polar surface area (TPSA) is 36.9 Å². The molecule has 2 unspecified atom stereocenters. The van der Waals surface area contributed by atoms with Crippen molar-refractivity contribution in [2.45, 2.75) is 131 Å². The molecule has 4 aromatic carbocycles. The molecule has 0 radical (unpaired) electrons. The average molecular weight is 707 g/mol. The van der Waals surface area contributed by atoms with Gasteiger partial charge in [0.2, 0.25) is 0 Å². The maximum Gasteiger partial charge on any atom is 0.180 e. The Labute approximate surface area is 310 Å². The Morgan fingerprint density at radius 1 is 0.706 bits per heavy atom. The van der Waals surface area contributed by atoms with Gasteiger partial charge >= 0.3 is 0 Å². The molecule has 0 bridgehead atoms. The van der Waals surface area contributed by atoms with Crippen LogP contribution < -0.4 is 18.9 Å². The lowest BCUT2D eigenvalue weighted by Crippen LogP contribution is -2.16. The molecule has 6 rings (SSSR count). The van der Waals surface area contributed by atoms with Crippen LogP contribution in [0.15, 0.2) is 60.7 Å². The zero-order valence-corrected chi connectivity index (χ0v) is 33.1. The number of rotatable bonds is 15. The molecule has 4 nitrogen and oxygen atoms in total. The first-order valence-corrected chi connectivity index (χ1v) is 20.4. The van der Waals surface area contributed by atoms with Gasteiger partial charge in [0.1, 0.15) is 24.7 Å². The third kappa shape index (κ3) is 8.04. The largest absolute Gasteiger partial charge is 0.490 e. The van der Waals surface area contributed by atoms with Crippen molar-refractivity contribution in [1.82, 2.24) is 0 Å². The lowest BCUT2D eigenvalue weighted by atomic mass is 9.84. The summed E-state index contributed by atoms with van der Waals surface area (Å²) < 4.78 is 26.2. The molecule has 5 aromatic rings. The smallest absolute Gasteiger partial charge is 0.180 e. The third-order valence-electron chi connectivity index (χ3n) is 10.4. The van der Waals surface area contributed by atoms with Crippen LogP contribution in [0.1, 0.15) is 117 Å². The van der Waals surface area contributed by atoms with Crippen LogP contribution in [-0.4, -0.2) is 25.4 Å². The molecular formula is C46H58O4S. The van der Waals surface area contributed by atoms with Gasteiger partial charge in [-0.05, 0) is 100 Å². The fourth-order valence-corrected chi connectivity index (χ4v) is 8.40. The molecule has 5 heteroatoms. The monoisotopic (exact) mass is 706 g/mol. The summed E-state index contributed by atoms with van der Waals surface area (Å²) in [6, 6.07) is 22.8. The van der Waals surface area contributed by atoms with Gasteiger partial charge in [-0.15, -0.1) is 11.3 Å². The molecule has 1 aliphatic rings. The van der Waals surface area contributed by atoms with E-state index in [0.29, 0.717) is 13.2 Å². The number of benzene rings is 4. The van der Waals surface area contributed by atoms with Gasteiger partial charge in [0.15, 0.2) is 11.5 Å². The minimum atomic E-state index is 0.0312. The fraction of sp³-hybridized carbons (Fsp3) is 0.478. The van der Waals surface area contributed by atoms with Gasteiger partial charge in [-0.1, -0.05) is 117 Å². The molecule has 2 heterocycles. The van der Waals surface area contributed by atoms with E-state index in [0.717, 1.165) is 95.9 Å². The van der Waals surface area contributed by atoms with E-state index in [2.05, 4.69) is 116 Å².